The van der Waals surface area contributed by atoms with Gasteiger partial charge in [-0.1, -0.05) is 12.1 Å². The Balaban J connectivity index is 0.00000208. The fourth-order valence-corrected chi connectivity index (χ4v) is 2.88. The van der Waals surface area contributed by atoms with Crippen LogP contribution in [0.5, 0.6) is 0 Å². The molecule has 1 aromatic heterocycles. The van der Waals surface area contributed by atoms with Crippen LogP contribution in [0, 0.1) is 0 Å². The highest BCUT2D eigenvalue weighted by molar-refractivity contribution is 5.85. The number of piperazine rings is 1. The predicted molar refractivity (Wildman–Crippen MR) is 88.9 cm³/mol. The lowest BCUT2D eigenvalue weighted by atomic mass is 10.0. The van der Waals surface area contributed by atoms with E-state index in [1.54, 1.807) is 24.5 Å². The summed E-state index contributed by atoms with van der Waals surface area (Å²) in [6.45, 7) is 3.19. The van der Waals surface area contributed by atoms with E-state index in [4.69, 9.17) is 0 Å². The molecule has 1 saturated heterocycles. The standard InChI is InChI=1S/C17H18F3N3.ClH/c18-17(19,20)15-3-1-13(2-4-15)12-23-10-9-22-11-16(23)14-5-7-21-8-6-14;/h1-8,16,22H,9-12H2;1H. The van der Waals surface area contributed by atoms with Crippen LogP contribution in [0.2, 0.25) is 0 Å². The van der Waals surface area contributed by atoms with Gasteiger partial charge in [0.05, 0.1) is 5.56 Å². The number of hydrogen-bond donors (Lipinski definition) is 1. The molecule has 7 heteroatoms. The predicted octanol–water partition coefficient (Wildman–Crippen LogP) is 3.67. The van der Waals surface area contributed by atoms with E-state index in [0.717, 1.165) is 37.3 Å². The minimum Gasteiger partial charge on any atom is -0.314 e. The normalized spacial score (nSPS) is 18.9. The fourth-order valence-electron chi connectivity index (χ4n) is 2.88. The van der Waals surface area contributed by atoms with Crippen LogP contribution >= 0.6 is 12.4 Å². The van der Waals surface area contributed by atoms with Crippen LogP contribution in [0.25, 0.3) is 0 Å². The van der Waals surface area contributed by atoms with E-state index in [0.29, 0.717) is 6.54 Å². The number of rotatable bonds is 3. The molecule has 0 amide bonds. The average Bonchev–Trinajstić information content (AvgIpc) is 2.56. The Morgan fingerprint density at radius 2 is 1.75 bits per heavy atom. The molecule has 2 aromatic rings. The van der Waals surface area contributed by atoms with Gasteiger partial charge in [0, 0.05) is 44.6 Å². The highest BCUT2D eigenvalue weighted by Crippen LogP contribution is 2.30. The van der Waals surface area contributed by atoms with E-state index in [1.165, 1.54) is 5.56 Å². The number of hydrogen-bond acceptors (Lipinski definition) is 3. The fraction of sp³-hybridized carbons (Fsp3) is 0.353. The van der Waals surface area contributed by atoms with Crippen LogP contribution < -0.4 is 5.32 Å². The van der Waals surface area contributed by atoms with Crippen molar-refractivity contribution in [3.63, 3.8) is 0 Å². The molecule has 0 spiro atoms. The Kier molecular flexibility index (Phi) is 6.21. The molecule has 1 aliphatic rings. The molecule has 0 aliphatic carbocycles. The zero-order chi connectivity index (χ0) is 16.3. The second kappa shape index (κ2) is 7.96. The third-order valence-electron chi connectivity index (χ3n) is 4.11. The van der Waals surface area contributed by atoms with Gasteiger partial charge in [0.2, 0.25) is 0 Å². The molecule has 0 saturated carbocycles. The molecule has 130 valence electrons. The highest BCUT2D eigenvalue weighted by atomic mass is 35.5. The quantitative estimate of drug-likeness (QED) is 0.908. The maximum Gasteiger partial charge on any atom is 0.416 e. The Morgan fingerprint density at radius 3 is 2.38 bits per heavy atom. The van der Waals surface area contributed by atoms with E-state index in [9.17, 15) is 13.2 Å². The van der Waals surface area contributed by atoms with Crippen molar-refractivity contribution in [3.05, 3.63) is 65.5 Å². The summed E-state index contributed by atoms with van der Waals surface area (Å²) in [7, 11) is 0. The van der Waals surface area contributed by atoms with Crippen LogP contribution in [0.3, 0.4) is 0 Å². The first-order valence-electron chi connectivity index (χ1n) is 7.55. The molecule has 1 aromatic carbocycles. The first-order valence-corrected chi connectivity index (χ1v) is 7.55. The number of halogens is 4. The smallest absolute Gasteiger partial charge is 0.314 e. The third-order valence-corrected chi connectivity index (χ3v) is 4.11. The van der Waals surface area contributed by atoms with Crippen LogP contribution in [0.15, 0.2) is 48.8 Å². The van der Waals surface area contributed by atoms with Crippen molar-refractivity contribution >= 4 is 12.4 Å². The molecule has 1 atom stereocenters. The molecule has 0 radical (unpaired) electrons. The van der Waals surface area contributed by atoms with Gasteiger partial charge < -0.3 is 5.32 Å². The Bertz CT molecular complexity index is 632. The minimum atomic E-state index is -4.28. The molecule has 1 N–H and O–H groups in total. The number of nitrogens with one attached hydrogen (secondary N) is 1. The van der Waals surface area contributed by atoms with Crippen LogP contribution in [-0.2, 0) is 12.7 Å². The van der Waals surface area contributed by atoms with Gasteiger partial charge in [-0.2, -0.15) is 13.2 Å². The van der Waals surface area contributed by atoms with Crippen molar-refractivity contribution in [1.29, 1.82) is 0 Å². The summed E-state index contributed by atoms with van der Waals surface area (Å²) in [5.74, 6) is 0. The van der Waals surface area contributed by atoms with Gasteiger partial charge in [-0.25, -0.2) is 0 Å². The van der Waals surface area contributed by atoms with Gasteiger partial charge in [0.25, 0.3) is 0 Å². The van der Waals surface area contributed by atoms with Gasteiger partial charge in [-0.3, -0.25) is 9.88 Å². The second-order valence-corrected chi connectivity index (χ2v) is 5.67. The summed E-state index contributed by atoms with van der Waals surface area (Å²) in [4.78, 5) is 6.32. The van der Waals surface area contributed by atoms with Gasteiger partial charge in [0.15, 0.2) is 0 Å². The van der Waals surface area contributed by atoms with Crippen LogP contribution in [0.4, 0.5) is 13.2 Å². The molecule has 1 unspecified atom stereocenters. The first kappa shape index (κ1) is 18.7. The number of benzene rings is 1. The minimum absolute atomic E-state index is 0. The van der Waals surface area contributed by atoms with Gasteiger partial charge in [0.1, 0.15) is 0 Å². The Morgan fingerprint density at radius 1 is 1.08 bits per heavy atom. The molecule has 0 bridgehead atoms. The molecule has 2 heterocycles. The van der Waals surface area contributed by atoms with Crippen molar-refractivity contribution in [2.45, 2.75) is 18.8 Å². The maximum atomic E-state index is 12.6. The zero-order valence-electron chi connectivity index (χ0n) is 13.0. The SMILES string of the molecule is Cl.FC(F)(F)c1ccc(CN2CCNCC2c2ccncc2)cc1. The molecule has 1 aliphatic heterocycles. The summed E-state index contributed by atoms with van der Waals surface area (Å²) < 4.78 is 37.9. The second-order valence-electron chi connectivity index (χ2n) is 5.67. The zero-order valence-corrected chi connectivity index (χ0v) is 13.8. The average molecular weight is 358 g/mol. The summed E-state index contributed by atoms with van der Waals surface area (Å²) in [5, 5.41) is 3.37. The lowest BCUT2D eigenvalue weighted by Gasteiger charge is -2.36. The lowest BCUT2D eigenvalue weighted by Crippen LogP contribution is -2.45. The lowest BCUT2D eigenvalue weighted by molar-refractivity contribution is -0.137. The van der Waals surface area contributed by atoms with E-state index in [-0.39, 0.29) is 18.4 Å². The third kappa shape index (κ3) is 4.47. The van der Waals surface area contributed by atoms with Crippen molar-refractivity contribution in [2.24, 2.45) is 0 Å². The Labute approximate surface area is 145 Å². The molecule has 1 fully saturated rings. The summed E-state index contributed by atoms with van der Waals surface area (Å²) in [6.07, 6.45) is -0.756. The molecule has 3 nitrogen and oxygen atoms in total. The van der Waals surface area contributed by atoms with E-state index in [2.05, 4.69) is 15.2 Å². The van der Waals surface area contributed by atoms with Gasteiger partial charge in [-0.15, -0.1) is 12.4 Å². The summed E-state index contributed by atoms with van der Waals surface area (Å²) in [5.41, 5.74) is 1.45. The molecule has 3 rings (SSSR count). The first-order chi connectivity index (χ1) is 11.0. The van der Waals surface area contributed by atoms with Crippen LogP contribution in [-0.4, -0.2) is 29.5 Å². The van der Waals surface area contributed by atoms with Crippen LogP contribution in [0.1, 0.15) is 22.7 Å². The van der Waals surface area contributed by atoms with E-state index in [1.807, 2.05) is 12.1 Å². The van der Waals surface area contributed by atoms with E-state index >= 15 is 0 Å². The monoisotopic (exact) mass is 357 g/mol. The van der Waals surface area contributed by atoms with Gasteiger partial charge >= 0.3 is 6.18 Å². The number of pyridine rings is 1. The molecule has 24 heavy (non-hydrogen) atoms. The number of nitrogens with zero attached hydrogens (tertiary/aromatic N) is 2. The highest BCUT2D eigenvalue weighted by Gasteiger charge is 2.30. The number of alkyl halides is 3. The molecular formula is C17H19ClF3N3. The number of aromatic nitrogens is 1. The topological polar surface area (TPSA) is 28.2 Å². The van der Waals surface area contributed by atoms with Crippen molar-refractivity contribution in [3.8, 4) is 0 Å². The van der Waals surface area contributed by atoms with Crippen molar-refractivity contribution in [2.75, 3.05) is 19.6 Å². The van der Waals surface area contributed by atoms with Crippen molar-refractivity contribution < 1.29 is 13.2 Å². The molecular weight excluding hydrogens is 339 g/mol. The largest absolute Gasteiger partial charge is 0.416 e. The van der Waals surface area contributed by atoms with Gasteiger partial charge in [-0.05, 0) is 35.4 Å². The van der Waals surface area contributed by atoms with Crippen molar-refractivity contribution in [1.82, 2.24) is 15.2 Å². The summed E-state index contributed by atoms with van der Waals surface area (Å²) >= 11 is 0. The van der Waals surface area contributed by atoms with E-state index < -0.39 is 11.7 Å². The summed E-state index contributed by atoms with van der Waals surface area (Å²) in [6, 6.07) is 9.60. The Hall–Kier alpha value is -1.63. The maximum absolute atomic E-state index is 12.6.